The second-order valence-corrected chi connectivity index (χ2v) is 6.31. The number of nitrogens with one attached hydrogen (secondary N) is 1. The number of rotatable bonds is 6. The van der Waals surface area contributed by atoms with Gasteiger partial charge in [0.1, 0.15) is 0 Å². The van der Waals surface area contributed by atoms with Crippen molar-refractivity contribution in [3.05, 3.63) is 107 Å². The Morgan fingerprint density at radius 2 is 1.36 bits per heavy atom. The van der Waals surface area contributed by atoms with E-state index < -0.39 is 0 Å². The predicted octanol–water partition coefficient (Wildman–Crippen LogP) is 4.83. The van der Waals surface area contributed by atoms with Gasteiger partial charge in [-0.25, -0.2) is 0 Å². The third-order valence-corrected chi connectivity index (χ3v) is 4.33. The fraction of sp³-hybridized carbons (Fsp3) is 0.174. The lowest BCUT2D eigenvalue weighted by molar-refractivity contribution is -0.121. The van der Waals surface area contributed by atoms with Gasteiger partial charge in [0, 0.05) is 6.42 Å². The fourth-order valence-electron chi connectivity index (χ4n) is 2.90. The van der Waals surface area contributed by atoms with Crippen molar-refractivity contribution in [2.24, 2.45) is 0 Å². The molecule has 0 spiro atoms. The third kappa shape index (κ3) is 4.80. The molecule has 0 fully saturated rings. The molecule has 25 heavy (non-hydrogen) atoms. The van der Waals surface area contributed by atoms with Crippen LogP contribution in [0.25, 0.3) is 0 Å². The van der Waals surface area contributed by atoms with E-state index in [-0.39, 0.29) is 11.9 Å². The second kappa shape index (κ2) is 8.29. The van der Waals surface area contributed by atoms with Gasteiger partial charge < -0.3 is 5.32 Å². The molecule has 0 unspecified atom stereocenters. The first-order valence-electron chi connectivity index (χ1n) is 8.67. The minimum absolute atomic E-state index is 0.0679. The molecule has 0 aliphatic heterocycles. The SMILES string of the molecule is Cc1ccc([C@@H](NC(=O)CCc2ccccc2)c2ccccc2)cc1. The van der Waals surface area contributed by atoms with Crippen LogP contribution in [0.5, 0.6) is 0 Å². The van der Waals surface area contributed by atoms with Gasteiger partial charge in [-0.15, -0.1) is 0 Å². The summed E-state index contributed by atoms with van der Waals surface area (Å²) in [7, 11) is 0. The largest absolute Gasteiger partial charge is 0.345 e. The average Bonchev–Trinajstić information content (AvgIpc) is 2.67. The van der Waals surface area contributed by atoms with Crippen molar-refractivity contribution in [3.8, 4) is 0 Å². The Balaban J connectivity index is 1.73. The van der Waals surface area contributed by atoms with Gasteiger partial charge in [0.05, 0.1) is 6.04 Å². The molecule has 2 heteroatoms. The van der Waals surface area contributed by atoms with Gasteiger partial charge >= 0.3 is 0 Å². The van der Waals surface area contributed by atoms with E-state index in [1.807, 2.05) is 36.4 Å². The van der Waals surface area contributed by atoms with Crippen molar-refractivity contribution in [2.45, 2.75) is 25.8 Å². The highest BCUT2D eigenvalue weighted by atomic mass is 16.1. The molecular weight excluding hydrogens is 306 g/mol. The number of benzene rings is 3. The van der Waals surface area contributed by atoms with Crippen LogP contribution in [-0.4, -0.2) is 5.91 Å². The van der Waals surface area contributed by atoms with E-state index in [1.165, 1.54) is 11.1 Å². The molecule has 1 atom stereocenters. The second-order valence-electron chi connectivity index (χ2n) is 6.31. The topological polar surface area (TPSA) is 29.1 Å². The van der Waals surface area contributed by atoms with Crippen LogP contribution >= 0.6 is 0 Å². The minimum atomic E-state index is -0.120. The molecule has 1 N–H and O–H groups in total. The maximum absolute atomic E-state index is 12.5. The summed E-state index contributed by atoms with van der Waals surface area (Å²) in [5.74, 6) is 0.0679. The standard InChI is InChI=1S/C23H23NO/c1-18-12-15-21(16-13-18)23(20-10-6-3-7-11-20)24-22(25)17-14-19-8-4-2-5-9-19/h2-13,15-16,23H,14,17H2,1H3,(H,24,25)/t23-/m0/s1. The molecular formula is C23H23NO. The first-order chi connectivity index (χ1) is 12.2. The maximum atomic E-state index is 12.5. The lowest BCUT2D eigenvalue weighted by atomic mass is 9.97. The number of hydrogen-bond acceptors (Lipinski definition) is 1. The van der Waals surface area contributed by atoms with Crippen molar-refractivity contribution < 1.29 is 4.79 Å². The monoisotopic (exact) mass is 329 g/mol. The zero-order chi connectivity index (χ0) is 17.5. The number of hydrogen-bond donors (Lipinski definition) is 1. The normalized spacial score (nSPS) is 11.7. The van der Waals surface area contributed by atoms with Crippen LogP contribution in [-0.2, 0) is 11.2 Å². The lowest BCUT2D eigenvalue weighted by Crippen LogP contribution is -2.29. The molecule has 0 saturated carbocycles. The Hall–Kier alpha value is -2.87. The maximum Gasteiger partial charge on any atom is 0.221 e. The number of amides is 1. The minimum Gasteiger partial charge on any atom is -0.345 e. The van der Waals surface area contributed by atoms with Crippen LogP contribution in [0, 0.1) is 6.92 Å². The smallest absolute Gasteiger partial charge is 0.221 e. The van der Waals surface area contributed by atoms with Gasteiger partial charge in [-0.05, 0) is 30.0 Å². The molecule has 126 valence electrons. The summed E-state index contributed by atoms with van der Waals surface area (Å²) in [6, 6.07) is 28.5. The lowest BCUT2D eigenvalue weighted by Gasteiger charge is -2.20. The van der Waals surface area contributed by atoms with E-state index >= 15 is 0 Å². The van der Waals surface area contributed by atoms with Gasteiger partial charge in [0.15, 0.2) is 0 Å². The van der Waals surface area contributed by atoms with Gasteiger partial charge in [0.2, 0.25) is 5.91 Å². The highest BCUT2D eigenvalue weighted by Gasteiger charge is 2.16. The first-order valence-corrected chi connectivity index (χ1v) is 8.67. The molecule has 2 nitrogen and oxygen atoms in total. The van der Waals surface area contributed by atoms with E-state index in [4.69, 9.17) is 0 Å². The fourth-order valence-corrected chi connectivity index (χ4v) is 2.90. The van der Waals surface area contributed by atoms with Crippen molar-refractivity contribution in [1.82, 2.24) is 5.32 Å². The molecule has 1 amide bonds. The summed E-state index contributed by atoms with van der Waals surface area (Å²) in [5, 5.41) is 3.20. The Kier molecular flexibility index (Phi) is 5.63. The van der Waals surface area contributed by atoms with E-state index in [0.29, 0.717) is 6.42 Å². The average molecular weight is 329 g/mol. The van der Waals surface area contributed by atoms with Crippen LogP contribution in [0.4, 0.5) is 0 Å². The summed E-state index contributed by atoms with van der Waals surface area (Å²) in [4.78, 5) is 12.5. The van der Waals surface area contributed by atoms with Gasteiger partial charge in [0.25, 0.3) is 0 Å². The third-order valence-electron chi connectivity index (χ3n) is 4.33. The first kappa shape index (κ1) is 17.0. The summed E-state index contributed by atoms with van der Waals surface area (Å²) >= 11 is 0. The van der Waals surface area contributed by atoms with Crippen molar-refractivity contribution in [2.75, 3.05) is 0 Å². The summed E-state index contributed by atoms with van der Waals surface area (Å²) in [5.41, 5.74) is 4.60. The Morgan fingerprint density at radius 1 is 0.800 bits per heavy atom. The predicted molar refractivity (Wildman–Crippen MR) is 102 cm³/mol. The van der Waals surface area contributed by atoms with Crippen LogP contribution in [0.1, 0.15) is 34.7 Å². The highest BCUT2D eigenvalue weighted by molar-refractivity contribution is 5.77. The van der Waals surface area contributed by atoms with Crippen molar-refractivity contribution in [3.63, 3.8) is 0 Å². The Labute approximate surface area is 149 Å². The van der Waals surface area contributed by atoms with E-state index in [1.54, 1.807) is 0 Å². The Bertz CT molecular complexity index is 795. The number of carbonyl (C=O) groups excluding carboxylic acids is 1. The van der Waals surface area contributed by atoms with Gasteiger partial charge in [-0.1, -0.05) is 90.5 Å². The molecule has 0 radical (unpaired) electrons. The molecule has 0 aliphatic carbocycles. The molecule has 0 aromatic heterocycles. The van der Waals surface area contributed by atoms with Crippen molar-refractivity contribution in [1.29, 1.82) is 0 Å². The van der Waals surface area contributed by atoms with Crippen molar-refractivity contribution >= 4 is 5.91 Å². The summed E-state index contributed by atoms with van der Waals surface area (Å²) in [6.07, 6.45) is 1.24. The Morgan fingerprint density at radius 3 is 2.00 bits per heavy atom. The van der Waals surface area contributed by atoms with Crippen LogP contribution in [0.3, 0.4) is 0 Å². The van der Waals surface area contributed by atoms with Crippen LogP contribution in [0.15, 0.2) is 84.9 Å². The molecule has 0 heterocycles. The summed E-state index contributed by atoms with van der Waals surface area (Å²) < 4.78 is 0. The van der Waals surface area contributed by atoms with Crippen LogP contribution < -0.4 is 5.32 Å². The van der Waals surface area contributed by atoms with E-state index in [2.05, 4.69) is 60.8 Å². The molecule has 0 saturated heterocycles. The molecule has 3 aromatic carbocycles. The molecule has 3 aromatic rings. The molecule has 0 bridgehead atoms. The number of carbonyl (C=O) groups is 1. The number of aryl methyl sites for hydroxylation is 2. The van der Waals surface area contributed by atoms with E-state index in [0.717, 1.165) is 17.5 Å². The molecule has 0 aliphatic rings. The quantitative estimate of drug-likeness (QED) is 0.689. The summed E-state index contributed by atoms with van der Waals surface area (Å²) in [6.45, 7) is 2.07. The highest BCUT2D eigenvalue weighted by Crippen LogP contribution is 2.22. The molecule has 3 rings (SSSR count). The van der Waals surface area contributed by atoms with Gasteiger partial charge in [-0.3, -0.25) is 4.79 Å². The van der Waals surface area contributed by atoms with Gasteiger partial charge in [-0.2, -0.15) is 0 Å². The zero-order valence-corrected chi connectivity index (χ0v) is 14.5. The van der Waals surface area contributed by atoms with Crippen LogP contribution in [0.2, 0.25) is 0 Å². The van der Waals surface area contributed by atoms with E-state index in [9.17, 15) is 4.79 Å². The zero-order valence-electron chi connectivity index (χ0n) is 14.5.